The van der Waals surface area contributed by atoms with Gasteiger partial charge in [0.05, 0.1) is 13.2 Å². The van der Waals surface area contributed by atoms with Crippen molar-refractivity contribution in [1.82, 2.24) is 4.90 Å². The maximum Gasteiger partial charge on any atom is 0.410 e. The second-order valence-corrected chi connectivity index (χ2v) is 7.32. The predicted octanol–water partition coefficient (Wildman–Crippen LogP) is 4.68. The monoisotopic (exact) mass is 341 g/mol. The summed E-state index contributed by atoms with van der Waals surface area (Å²) in [6, 6.07) is 2.32. The van der Waals surface area contributed by atoms with Gasteiger partial charge in [-0.15, -0.1) is 0 Å². The molecule has 0 unspecified atom stereocenters. The van der Waals surface area contributed by atoms with E-state index in [0.717, 1.165) is 6.42 Å². The van der Waals surface area contributed by atoms with Gasteiger partial charge in [0.25, 0.3) is 0 Å². The summed E-state index contributed by atoms with van der Waals surface area (Å²) < 4.78 is 38.8. The molecule has 0 aliphatic carbocycles. The molecule has 0 N–H and O–H groups in total. The zero-order valence-corrected chi connectivity index (χ0v) is 14.9. The van der Waals surface area contributed by atoms with Crippen LogP contribution in [0, 0.1) is 17.6 Å². The van der Waals surface area contributed by atoms with E-state index < -0.39 is 29.4 Å². The molecule has 0 spiro atoms. The summed E-state index contributed by atoms with van der Waals surface area (Å²) in [6.45, 7) is 7.81. The van der Waals surface area contributed by atoms with Crippen LogP contribution in [0.4, 0.5) is 13.6 Å². The van der Waals surface area contributed by atoms with Crippen LogP contribution in [-0.4, -0.2) is 30.2 Å². The first kappa shape index (κ1) is 18.5. The third-order valence-corrected chi connectivity index (χ3v) is 4.10. The Morgan fingerprint density at radius 1 is 1.21 bits per heavy atom. The van der Waals surface area contributed by atoms with Gasteiger partial charge < -0.3 is 14.4 Å². The molecule has 0 saturated carbocycles. The number of methoxy groups -OCH3 is 1. The van der Waals surface area contributed by atoms with Crippen molar-refractivity contribution in [3.05, 3.63) is 29.3 Å². The van der Waals surface area contributed by atoms with E-state index in [9.17, 15) is 13.6 Å². The SMILES string of the molecule is COc1ccc([C@H]2CC[C@@H](C)CN2C(=O)OC(C)(C)C)c(F)c1F. The van der Waals surface area contributed by atoms with Crippen molar-refractivity contribution in [3.8, 4) is 5.75 Å². The van der Waals surface area contributed by atoms with Crippen molar-refractivity contribution in [3.63, 3.8) is 0 Å². The molecule has 2 rings (SSSR count). The topological polar surface area (TPSA) is 38.8 Å². The summed E-state index contributed by atoms with van der Waals surface area (Å²) in [5.74, 6) is -1.87. The van der Waals surface area contributed by atoms with Gasteiger partial charge in [-0.3, -0.25) is 0 Å². The Balaban J connectivity index is 2.35. The average molecular weight is 341 g/mol. The molecule has 1 fully saturated rings. The zero-order valence-electron chi connectivity index (χ0n) is 14.9. The maximum atomic E-state index is 14.5. The molecule has 0 bridgehead atoms. The van der Waals surface area contributed by atoms with Crippen LogP contribution in [0.15, 0.2) is 12.1 Å². The molecule has 1 heterocycles. The van der Waals surface area contributed by atoms with Gasteiger partial charge in [-0.1, -0.05) is 13.0 Å². The summed E-state index contributed by atoms with van der Waals surface area (Å²) in [7, 11) is 1.28. The van der Waals surface area contributed by atoms with Gasteiger partial charge in [0.1, 0.15) is 5.60 Å². The quantitative estimate of drug-likeness (QED) is 0.784. The van der Waals surface area contributed by atoms with Crippen LogP contribution < -0.4 is 4.74 Å². The largest absolute Gasteiger partial charge is 0.494 e. The van der Waals surface area contributed by atoms with E-state index in [4.69, 9.17) is 9.47 Å². The third kappa shape index (κ3) is 3.97. The fourth-order valence-corrected chi connectivity index (χ4v) is 2.96. The second kappa shape index (κ2) is 6.95. The fraction of sp³-hybridized carbons (Fsp3) is 0.611. The minimum atomic E-state index is -1.03. The van der Waals surface area contributed by atoms with Gasteiger partial charge in [-0.25, -0.2) is 9.18 Å². The van der Waals surface area contributed by atoms with Gasteiger partial charge in [-0.2, -0.15) is 4.39 Å². The van der Waals surface area contributed by atoms with Gasteiger partial charge >= 0.3 is 6.09 Å². The van der Waals surface area contributed by atoms with Crippen LogP contribution in [0.1, 0.15) is 52.1 Å². The lowest BCUT2D eigenvalue weighted by atomic mass is 9.90. The minimum absolute atomic E-state index is 0.149. The Labute approximate surface area is 141 Å². The van der Waals surface area contributed by atoms with E-state index in [1.807, 2.05) is 6.92 Å². The maximum absolute atomic E-state index is 14.5. The molecule has 2 atom stereocenters. The Hall–Kier alpha value is -1.85. The number of likely N-dealkylation sites (tertiary alicyclic amines) is 1. The van der Waals surface area contributed by atoms with Gasteiger partial charge in [0.15, 0.2) is 11.6 Å². The molecule has 1 aromatic rings. The summed E-state index contributed by atoms with van der Waals surface area (Å²) in [4.78, 5) is 14.0. The van der Waals surface area contributed by atoms with E-state index in [1.54, 1.807) is 20.8 Å². The standard InChI is InChI=1S/C18H25F2NO3/c1-11-6-8-13(21(10-11)17(22)24-18(2,3)4)12-7-9-14(23-5)16(20)15(12)19/h7,9,11,13H,6,8,10H2,1-5H3/t11-,13-/m1/s1. The first-order valence-electron chi connectivity index (χ1n) is 8.15. The highest BCUT2D eigenvalue weighted by atomic mass is 19.2. The normalized spacial score (nSPS) is 21.5. The van der Waals surface area contributed by atoms with Crippen molar-refractivity contribution in [1.29, 1.82) is 0 Å². The molecule has 134 valence electrons. The number of nitrogens with zero attached hydrogens (tertiary/aromatic N) is 1. The predicted molar refractivity (Wildman–Crippen MR) is 87.0 cm³/mol. The van der Waals surface area contributed by atoms with Crippen LogP contribution in [0.25, 0.3) is 0 Å². The van der Waals surface area contributed by atoms with Crippen LogP contribution in [0.5, 0.6) is 5.75 Å². The summed E-state index contributed by atoms with van der Waals surface area (Å²) in [6.07, 6.45) is 0.884. The molecular formula is C18H25F2NO3. The highest BCUT2D eigenvalue weighted by molar-refractivity contribution is 5.69. The highest BCUT2D eigenvalue weighted by Gasteiger charge is 2.36. The van der Waals surface area contributed by atoms with Gasteiger partial charge in [-0.05, 0) is 45.6 Å². The fourth-order valence-electron chi connectivity index (χ4n) is 2.96. The number of ether oxygens (including phenoxy) is 2. The van der Waals surface area contributed by atoms with E-state index in [1.165, 1.54) is 24.1 Å². The first-order chi connectivity index (χ1) is 11.1. The number of piperidine rings is 1. The van der Waals surface area contributed by atoms with Crippen molar-refractivity contribution in [2.75, 3.05) is 13.7 Å². The second-order valence-electron chi connectivity index (χ2n) is 7.32. The first-order valence-corrected chi connectivity index (χ1v) is 8.15. The molecular weight excluding hydrogens is 316 g/mol. The smallest absolute Gasteiger partial charge is 0.410 e. The lowest BCUT2D eigenvalue weighted by molar-refractivity contribution is 0.00312. The molecule has 1 aliphatic rings. The number of halogens is 2. The average Bonchev–Trinajstić information content (AvgIpc) is 2.48. The van der Waals surface area contributed by atoms with Crippen molar-refractivity contribution >= 4 is 6.09 Å². The third-order valence-electron chi connectivity index (χ3n) is 4.10. The van der Waals surface area contributed by atoms with E-state index in [2.05, 4.69) is 0 Å². The molecule has 24 heavy (non-hydrogen) atoms. The van der Waals surface area contributed by atoms with Crippen LogP contribution in [-0.2, 0) is 4.74 Å². The molecule has 1 aromatic carbocycles. The highest BCUT2D eigenvalue weighted by Crippen LogP contribution is 2.37. The summed E-state index contributed by atoms with van der Waals surface area (Å²) in [5, 5.41) is 0. The van der Waals surface area contributed by atoms with E-state index in [0.29, 0.717) is 13.0 Å². The molecule has 0 radical (unpaired) electrons. The lowest BCUT2D eigenvalue weighted by Gasteiger charge is -2.39. The number of benzene rings is 1. The molecule has 0 aromatic heterocycles. The lowest BCUT2D eigenvalue weighted by Crippen LogP contribution is -2.44. The Morgan fingerprint density at radius 3 is 2.46 bits per heavy atom. The Morgan fingerprint density at radius 2 is 1.88 bits per heavy atom. The number of hydrogen-bond donors (Lipinski definition) is 0. The number of carbonyl (C=O) groups is 1. The number of carbonyl (C=O) groups excluding carboxylic acids is 1. The zero-order chi connectivity index (χ0) is 18.1. The van der Waals surface area contributed by atoms with Crippen LogP contribution in [0.2, 0.25) is 0 Å². The molecule has 6 heteroatoms. The van der Waals surface area contributed by atoms with E-state index >= 15 is 0 Å². The Bertz CT molecular complexity index is 613. The molecule has 1 aliphatic heterocycles. The van der Waals surface area contributed by atoms with Crippen molar-refractivity contribution in [2.24, 2.45) is 5.92 Å². The van der Waals surface area contributed by atoms with Gasteiger partial charge in [0.2, 0.25) is 5.82 Å². The number of rotatable bonds is 2. The van der Waals surface area contributed by atoms with Crippen molar-refractivity contribution < 1.29 is 23.0 Å². The van der Waals surface area contributed by atoms with Crippen LogP contribution >= 0.6 is 0 Å². The number of hydrogen-bond acceptors (Lipinski definition) is 3. The molecule has 1 amide bonds. The molecule has 1 saturated heterocycles. The van der Waals surface area contributed by atoms with Crippen LogP contribution in [0.3, 0.4) is 0 Å². The summed E-state index contributed by atoms with van der Waals surface area (Å²) >= 11 is 0. The van der Waals surface area contributed by atoms with Crippen molar-refractivity contribution in [2.45, 2.75) is 52.2 Å². The molecule has 4 nitrogen and oxygen atoms in total. The summed E-state index contributed by atoms with van der Waals surface area (Å²) in [5.41, 5.74) is -0.488. The number of amides is 1. The Kier molecular flexibility index (Phi) is 5.35. The minimum Gasteiger partial charge on any atom is -0.494 e. The van der Waals surface area contributed by atoms with E-state index in [-0.39, 0.29) is 17.2 Å². The van der Waals surface area contributed by atoms with Gasteiger partial charge in [0, 0.05) is 12.1 Å².